The predicted molar refractivity (Wildman–Crippen MR) is 44.0 cm³/mol. The third-order valence-electron chi connectivity index (χ3n) is 1.29. The number of nitrogen functional groups attached to an aromatic ring is 1. The summed E-state index contributed by atoms with van der Waals surface area (Å²) < 4.78 is 0. The van der Waals surface area contributed by atoms with E-state index < -0.39 is 0 Å². The standard InChI is InChI=1S/C8H11N2/c1-10(2)8-5-3-4-7(9)6-8/h3-4,6H,9H2,1-2H3. The quantitative estimate of drug-likeness (QED) is 0.585. The van der Waals surface area contributed by atoms with Crippen molar-refractivity contribution in [1.82, 2.24) is 0 Å². The number of rotatable bonds is 1. The van der Waals surface area contributed by atoms with E-state index in [4.69, 9.17) is 5.73 Å². The topological polar surface area (TPSA) is 29.3 Å². The zero-order valence-corrected chi connectivity index (χ0v) is 6.26. The molecule has 0 fully saturated rings. The lowest BCUT2D eigenvalue weighted by atomic mass is 10.3. The van der Waals surface area contributed by atoms with E-state index in [1.165, 1.54) is 0 Å². The first-order chi connectivity index (χ1) is 4.70. The van der Waals surface area contributed by atoms with E-state index in [1.807, 2.05) is 37.2 Å². The molecule has 0 spiro atoms. The monoisotopic (exact) mass is 135 g/mol. The van der Waals surface area contributed by atoms with Gasteiger partial charge in [-0.25, -0.2) is 0 Å². The van der Waals surface area contributed by atoms with Crippen LogP contribution in [0.1, 0.15) is 0 Å². The molecule has 0 saturated heterocycles. The van der Waals surface area contributed by atoms with Gasteiger partial charge in [0, 0.05) is 31.5 Å². The number of nitrogens with zero attached hydrogens (tertiary/aromatic N) is 1. The molecule has 2 heteroatoms. The zero-order chi connectivity index (χ0) is 7.56. The second-order valence-corrected chi connectivity index (χ2v) is 2.40. The van der Waals surface area contributed by atoms with Crippen molar-refractivity contribution < 1.29 is 0 Å². The molecule has 1 aromatic rings. The Morgan fingerprint density at radius 3 is 2.60 bits per heavy atom. The van der Waals surface area contributed by atoms with Crippen LogP contribution in [0.2, 0.25) is 0 Å². The van der Waals surface area contributed by atoms with Crippen LogP contribution in [0.25, 0.3) is 0 Å². The van der Waals surface area contributed by atoms with Gasteiger partial charge in [-0.15, -0.1) is 0 Å². The number of benzene rings is 1. The fraction of sp³-hybridized carbons (Fsp3) is 0.250. The van der Waals surface area contributed by atoms with E-state index in [0.29, 0.717) is 0 Å². The van der Waals surface area contributed by atoms with Crippen molar-refractivity contribution in [3.8, 4) is 0 Å². The Hall–Kier alpha value is -1.18. The van der Waals surface area contributed by atoms with Crippen molar-refractivity contribution in [3.05, 3.63) is 24.3 Å². The molecular formula is C8H11N2. The number of hydrogen-bond donors (Lipinski definition) is 1. The lowest BCUT2D eigenvalue weighted by Gasteiger charge is -2.11. The van der Waals surface area contributed by atoms with Gasteiger partial charge in [-0.05, 0) is 12.1 Å². The number of hydrogen-bond acceptors (Lipinski definition) is 2. The molecule has 0 aliphatic heterocycles. The van der Waals surface area contributed by atoms with Crippen LogP contribution in [0, 0.1) is 6.07 Å². The maximum Gasteiger partial charge on any atom is 0.0462 e. The molecule has 0 amide bonds. The van der Waals surface area contributed by atoms with Gasteiger partial charge in [-0.1, -0.05) is 6.07 Å². The molecule has 2 N–H and O–H groups in total. The van der Waals surface area contributed by atoms with E-state index in [9.17, 15) is 0 Å². The number of nitrogens with two attached hydrogens (primary N) is 1. The Morgan fingerprint density at radius 2 is 2.20 bits per heavy atom. The molecule has 2 nitrogen and oxygen atoms in total. The zero-order valence-electron chi connectivity index (χ0n) is 6.26. The van der Waals surface area contributed by atoms with Gasteiger partial charge in [-0.2, -0.15) is 0 Å². The van der Waals surface area contributed by atoms with Gasteiger partial charge in [0.05, 0.1) is 0 Å². The van der Waals surface area contributed by atoms with Gasteiger partial charge in [0.25, 0.3) is 0 Å². The SMILES string of the molecule is CN(C)c1[c]ccc(N)c1. The molecule has 1 radical (unpaired) electrons. The molecule has 0 aromatic heterocycles. The van der Waals surface area contributed by atoms with Gasteiger partial charge in [0.2, 0.25) is 0 Å². The molecule has 1 rings (SSSR count). The van der Waals surface area contributed by atoms with Gasteiger partial charge >= 0.3 is 0 Å². The predicted octanol–water partition coefficient (Wildman–Crippen LogP) is 1.13. The van der Waals surface area contributed by atoms with Crippen LogP contribution in [0.15, 0.2) is 18.2 Å². The summed E-state index contributed by atoms with van der Waals surface area (Å²) in [5.41, 5.74) is 7.34. The summed E-state index contributed by atoms with van der Waals surface area (Å²) in [5.74, 6) is 0. The summed E-state index contributed by atoms with van der Waals surface area (Å²) in [5, 5.41) is 0. The summed E-state index contributed by atoms with van der Waals surface area (Å²) in [6.07, 6.45) is 0. The highest BCUT2D eigenvalue weighted by atomic mass is 15.1. The summed E-state index contributed by atoms with van der Waals surface area (Å²) in [6, 6.07) is 8.59. The maximum atomic E-state index is 5.55. The molecule has 0 bridgehead atoms. The van der Waals surface area contributed by atoms with Crippen molar-refractivity contribution in [2.75, 3.05) is 24.7 Å². The first kappa shape index (κ1) is 6.93. The maximum absolute atomic E-state index is 5.55. The van der Waals surface area contributed by atoms with Crippen LogP contribution in [0.5, 0.6) is 0 Å². The largest absolute Gasteiger partial charge is 0.399 e. The summed E-state index contributed by atoms with van der Waals surface area (Å²) in [6.45, 7) is 0. The van der Waals surface area contributed by atoms with Crippen molar-refractivity contribution in [1.29, 1.82) is 0 Å². The third kappa shape index (κ3) is 1.41. The molecule has 10 heavy (non-hydrogen) atoms. The fourth-order valence-corrected chi connectivity index (χ4v) is 0.729. The van der Waals surface area contributed by atoms with Crippen molar-refractivity contribution in [2.24, 2.45) is 0 Å². The Kier molecular flexibility index (Phi) is 1.81. The summed E-state index contributed by atoms with van der Waals surface area (Å²) in [7, 11) is 3.93. The van der Waals surface area contributed by atoms with Crippen LogP contribution in [0.4, 0.5) is 11.4 Å². The first-order valence-electron chi connectivity index (χ1n) is 3.14. The van der Waals surface area contributed by atoms with E-state index >= 15 is 0 Å². The van der Waals surface area contributed by atoms with Gasteiger partial charge in [0.1, 0.15) is 0 Å². The minimum atomic E-state index is 0.780. The minimum absolute atomic E-state index is 0.780. The molecule has 0 atom stereocenters. The van der Waals surface area contributed by atoms with E-state index in [-0.39, 0.29) is 0 Å². The highest BCUT2D eigenvalue weighted by Crippen LogP contribution is 2.12. The van der Waals surface area contributed by atoms with Crippen LogP contribution >= 0.6 is 0 Å². The lowest BCUT2D eigenvalue weighted by Crippen LogP contribution is -2.08. The average Bonchev–Trinajstić information content (AvgIpc) is 1.88. The fourth-order valence-electron chi connectivity index (χ4n) is 0.729. The van der Waals surface area contributed by atoms with Gasteiger partial charge in [-0.3, -0.25) is 0 Å². The van der Waals surface area contributed by atoms with Crippen LogP contribution in [0.3, 0.4) is 0 Å². The highest BCUT2D eigenvalue weighted by molar-refractivity contribution is 5.53. The molecule has 53 valence electrons. The van der Waals surface area contributed by atoms with Gasteiger partial charge < -0.3 is 10.6 Å². The molecule has 0 aliphatic rings. The molecular weight excluding hydrogens is 124 g/mol. The van der Waals surface area contributed by atoms with E-state index in [0.717, 1.165) is 11.4 Å². The third-order valence-corrected chi connectivity index (χ3v) is 1.29. The second kappa shape index (κ2) is 2.60. The number of anilines is 2. The second-order valence-electron chi connectivity index (χ2n) is 2.40. The normalized spacial score (nSPS) is 9.40. The van der Waals surface area contributed by atoms with Crippen LogP contribution in [-0.2, 0) is 0 Å². The minimum Gasteiger partial charge on any atom is -0.399 e. The molecule has 0 aliphatic carbocycles. The lowest BCUT2D eigenvalue weighted by molar-refractivity contribution is 1.13. The molecule has 0 heterocycles. The Balaban J connectivity index is 2.96. The Morgan fingerprint density at radius 1 is 1.50 bits per heavy atom. The summed E-state index contributed by atoms with van der Waals surface area (Å²) >= 11 is 0. The smallest absolute Gasteiger partial charge is 0.0462 e. The van der Waals surface area contributed by atoms with E-state index in [1.54, 1.807) is 0 Å². The first-order valence-corrected chi connectivity index (χ1v) is 3.14. The van der Waals surface area contributed by atoms with Crippen LogP contribution < -0.4 is 10.6 Å². The molecule has 0 saturated carbocycles. The summed E-state index contributed by atoms with van der Waals surface area (Å²) in [4.78, 5) is 1.97. The molecule has 1 aromatic carbocycles. The average molecular weight is 135 g/mol. The van der Waals surface area contributed by atoms with Gasteiger partial charge in [0.15, 0.2) is 0 Å². The highest BCUT2D eigenvalue weighted by Gasteiger charge is 1.92. The van der Waals surface area contributed by atoms with E-state index in [2.05, 4.69) is 6.07 Å². The van der Waals surface area contributed by atoms with Crippen molar-refractivity contribution in [2.45, 2.75) is 0 Å². The van der Waals surface area contributed by atoms with Crippen molar-refractivity contribution >= 4 is 11.4 Å². The van der Waals surface area contributed by atoms with Crippen LogP contribution in [-0.4, -0.2) is 14.1 Å². The van der Waals surface area contributed by atoms with Crippen molar-refractivity contribution in [3.63, 3.8) is 0 Å². The Labute approximate surface area is 61.3 Å². The molecule has 0 unspecified atom stereocenters. The Bertz CT molecular complexity index is 218.